The molecule has 0 radical (unpaired) electrons. The molecule has 3 aromatic rings. The molecule has 2 aromatic carbocycles. The SMILES string of the molecule is CCCn1nc(C(=O)NNC(=O)C2CC(c3ccccc3)NN2)c2ccccc2c1=O. The second-order valence-corrected chi connectivity index (χ2v) is 7.41. The molecule has 1 aromatic heterocycles. The number of aromatic nitrogens is 2. The Bertz CT molecular complexity index is 1160. The lowest BCUT2D eigenvalue weighted by Crippen LogP contribution is -2.50. The minimum atomic E-state index is -0.583. The van der Waals surface area contributed by atoms with E-state index in [1.807, 2.05) is 37.3 Å². The van der Waals surface area contributed by atoms with Crippen LogP contribution in [0.25, 0.3) is 10.8 Å². The van der Waals surface area contributed by atoms with Crippen LogP contribution in [0.2, 0.25) is 0 Å². The molecule has 4 rings (SSSR count). The summed E-state index contributed by atoms with van der Waals surface area (Å²) in [7, 11) is 0. The zero-order valence-electron chi connectivity index (χ0n) is 17.1. The Morgan fingerprint density at radius 1 is 1.03 bits per heavy atom. The molecular formula is C22H24N6O3. The summed E-state index contributed by atoms with van der Waals surface area (Å²) < 4.78 is 1.28. The van der Waals surface area contributed by atoms with Crippen LogP contribution in [0.1, 0.15) is 41.9 Å². The number of amides is 2. The summed E-state index contributed by atoms with van der Waals surface area (Å²) in [4.78, 5) is 37.9. The van der Waals surface area contributed by atoms with Gasteiger partial charge in [-0.05, 0) is 24.5 Å². The summed E-state index contributed by atoms with van der Waals surface area (Å²) in [6, 6.07) is 16.1. The Hall–Kier alpha value is -3.56. The zero-order chi connectivity index (χ0) is 21.8. The van der Waals surface area contributed by atoms with Gasteiger partial charge in [0.2, 0.25) is 0 Å². The van der Waals surface area contributed by atoms with Crippen LogP contribution in [0, 0.1) is 0 Å². The van der Waals surface area contributed by atoms with E-state index >= 15 is 0 Å². The predicted octanol–water partition coefficient (Wildman–Crippen LogP) is 1.18. The topological polar surface area (TPSA) is 117 Å². The van der Waals surface area contributed by atoms with E-state index in [-0.39, 0.29) is 23.2 Å². The Morgan fingerprint density at radius 3 is 2.48 bits per heavy atom. The number of hydrazine groups is 2. The molecule has 9 heteroatoms. The van der Waals surface area contributed by atoms with Gasteiger partial charge in [0, 0.05) is 18.0 Å². The van der Waals surface area contributed by atoms with Crippen LogP contribution in [0.3, 0.4) is 0 Å². The molecule has 0 bridgehead atoms. The average molecular weight is 420 g/mol. The molecule has 1 aliphatic rings. The maximum absolute atomic E-state index is 12.8. The highest BCUT2D eigenvalue weighted by atomic mass is 16.2. The number of benzene rings is 2. The van der Waals surface area contributed by atoms with E-state index in [2.05, 4.69) is 26.8 Å². The van der Waals surface area contributed by atoms with Crippen LogP contribution in [0.4, 0.5) is 0 Å². The molecule has 1 fully saturated rings. The van der Waals surface area contributed by atoms with Crippen LogP contribution < -0.4 is 27.3 Å². The fourth-order valence-corrected chi connectivity index (χ4v) is 3.66. The number of nitrogens with one attached hydrogen (secondary N) is 4. The summed E-state index contributed by atoms with van der Waals surface area (Å²) in [5.41, 5.74) is 11.9. The smallest absolute Gasteiger partial charge is 0.271 e. The normalized spacial score (nSPS) is 18.1. The van der Waals surface area contributed by atoms with Gasteiger partial charge >= 0.3 is 0 Å². The van der Waals surface area contributed by atoms with Crippen molar-refractivity contribution in [3.05, 3.63) is 76.2 Å². The predicted molar refractivity (Wildman–Crippen MR) is 116 cm³/mol. The molecule has 2 amide bonds. The Kier molecular flexibility index (Phi) is 6.06. The quantitative estimate of drug-likeness (QED) is 0.461. The summed E-state index contributed by atoms with van der Waals surface area (Å²) >= 11 is 0. The molecule has 2 atom stereocenters. The lowest BCUT2D eigenvalue weighted by atomic mass is 10.0. The molecule has 160 valence electrons. The first-order valence-electron chi connectivity index (χ1n) is 10.2. The van der Waals surface area contributed by atoms with Gasteiger partial charge in [-0.1, -0.05) is 55.5 Å². The van der Waals surface area contributed by atoms with Crippen molar-refractivity contribution in [2.75, 3.05) is 0 Å². The summed E-state index contributed by atoms with van der Waals surface area (Å²) in [6.07, 6.45) is 1.24. The molecule has 1 saturated heterocycles. The fraction of sp³-hybridized carbons (Fsp3) is 0.273. The van der Waals surface area contributed by atoms with Crippen LogP contribution in [-0.2, 0) is 11.3 Å². The number of aryl methyl sites for hydroxylation is 1. The van der Waals surface area contributed by atoms with E-state index in [1.165, 1.54) is 4.68 Å². The summed E-state index contributed by atoms with van der Waals surface area (Å²) in [5.74, 6) is -0.953. The van der Waals surface area contributed by atoms with E-state index in [4.69, 9.17) is 0 Å². The molecule has 2 heterocycles. The number of hydrogen-bond donors (Lipinski definition) is 4. The molecule has 0 saturated carbocycles. The van der Waals surface area contributed by atoms with Gasteiger partial charge in [-0.2, -0.15) is 5.10 Å². The van der Waals surface area contributed by atoms with Crippen molar-refractivity contribution in [2.24, 2.45) is 0 Å². The molecule has 0 spiro atoms. The van der Waals surface area contributed by atoms with Crippen LogP contribution >= 0.6 is 0 Å². The van der Waals surface area contributed by atoms with Gasteiger partial charge in [0.25, 0.3) is 17.4 Å². The van der Waals surface area contributed by atoms with Gasteiger partial charge in [-0.3, -0.25) is 25.2 Å². The van der Waals surface area contributed by atoms with Gasteiger partial charge in [0.15, 0.2) is 5.69 Å². The molecule has 1 aliphatic heterocycles. The van der Waals surface area contributed by atoms with Gasteiger partial charge in [-0.25, -0.2) is 15.5 Å². The monoisotopic (exact) mass is 420 g/mol. The molecule has 9 nitrogen and oxygen atoms in total. The lowest BCUT2D eigenvalue weighted by Gasteiger charge is -2.13. The molecule has 31 heavy (non-hydrogen) atoms. The van der Waals surface area contributed by atoms with E-state index in [0.717, 1.165) is 5.56 Å². The second kappa shape index (κ2) is 9.07. The van der Waals surface area contributed by atoms with Gasteiger partial charge in [0.1, 0.15) is 6.04 Å². The average Bonchev–Trinajstić information content (AvgIpc) is 3.30. The van der Waals surface area contributed by atoms with Crippen molar-refractivity contribution >= 4 is 22.6 Å². The third kappa shape index (κ3) is 4.32. The standard InChI is InChI=1S/C22H24N6O3/c1-2-12-28-22(31)16-11-7-6-10-15(16)19(27-28)21(30)26-25-20(29)18-13-17(23-24-18)14-8-4-3-5-9-14/h3-11,17-18,23-24H,2,12-13H2,1H3,(H,25,29)(H,26,30). The van der Waals surface area contributed by atoms with E-state index < -0.39 is 11.9 Å². The third-order valence-corrected chi connectivity index (χ3v) is 5.24. The number of nitrogens with zero attached hydrogens (tertiary/aromatic N) is 2. The Balaban J connectivity index is 1.45. The van der Waals surface area contributed by atoms with Crippen molar-refractivity contribution in [1.82, 2.24) is 31.5 Å². The largest absolute Gasteiger partial charge is 0.290 e. The van der Waals surface area contributed by atoms with E-state index in [1.54, 1.807) is 24.3 Å². The maximum atomic E-state index is 12.8. The van der Waals surface area contributed by atoms with Gasteiger partial charge in [0.05, 0.1) is 5.39 Å². The number of rotatable bonds is 5. The van der Waals surface area contributed by atoms with Gasteiger partial charge < -0.3 is 0 Å². The van der Waals surface area contributed by atoms with Crippen molar-refractivity contribution in [2.45, 2.75) is 38.4 Å². The fourth-order valence-electron chi connectivity index (χ4n) is 3.66. The minimum Gasteiger partial charge on any atom is -0.271 e. The number of fused-ring (bicyclic) bond motifs is 1. The molecule has 2 unspecified atom stereocenters. The number of hydrogen-bond acceptors (Lipinski definition) is 6. The highest BCUT2D eigenvalue weighted by molar-refractivity contribution is 6.05. The molecular weight excluding hydrogens is 396 g/mol. The van der Waals surface area contributed by atoms with Crippen molar-refractivity contribution in [1.29, 1.82) is 0 Å². The first-order chi connectivity index (χ1) is 15.1. The highest BCUT2D eigenvalue weighted by Crippen LogP contribution is 2.21. The summed E-state index contributed by atoms with van der Waals surface area (Å²) in [6.45, 7) is 2.32. The van der Waals surface area contributed by atoms with Crippen LogP contribution in [-0.4, -0.2) is 27.6 Å². The molecule has 0 aliphatic carbocycles. The van der Waals surface area contributed by atoms with Crippen molar-refractivity contribution < 1.29 is 9.59 Å². The van der Waals surface area contributed by atoms with Crippen molar-refractivity contribution in [3.63, 3.8) is 0 Å². The first-order valence-corrected chi connectivity index (χ1v) is 10.2. The Morgan fingerprint density at radius 2 is 1.74 bits per heavy atom. The van der Waals surface area contributed by atoms with Gasteiger partial charge in [-0.15, -0.1) is 0 Å². The number of carbonyl (C=O) groups is 2. The molecule has 4 N–H and O–H groups in total. The Labute approximate surface area is 178 Å². The lowest BCUT2D eigenvalue weighted by molar-refractivity contribution is -0.123. The first kappa shape index (κ1) is 20.7. The van der Waals surface area contributed by atoms with E-state index in [0.29, 0.717) is 30.2 Å². The van der Waals surface area contributed by atoms with Crippen LogP contribution in [0.15, 0.2) is 59.4 Å². The van der Waals surface area contributed by atoms with Crippen molar-refractivity contribution in [3.8, 4) is 0 Å². The highest BCUT2D eigenvalue weighted by Gasteiger charge is 2.30. The summed E-state index contributed by atoms with van der Waals surface area (Å²) in [5, 5.41) is 5.08. The zero-order valence-corrected chi connectivity index (χ0v) is 17.1. The van der Waals surface area contributed by atoms with E-state index in [9.17, 15) is 14.4 Å². The minimum absolute atomic E-state index is 0.00383. The number of carbonyl (C=O) groups excluding carboxylic acids is 2. The second-order valence-electron chi connectivity index (χ2n) is 7.41. The maximum Gasteiger partial charge on any atom is 0.290 e. The third-order valence-electron chi connectivity index (χ3n) is 5.24. The van der Waals surface area contributed by atoms with Crippen LogP contribution in [0.5, 0.6) is 0 Å².